The average Bonchev–Trinajstić information content (AvgIpc) is 3.06. The highest BCUT2D eigenvalue weighted by atomic mass is 16.5. The van der Waals surface area contributed by atoms with E-state index in [4.69, 9.17) is 9.72 Å². The largest absolute Gasteiger partial charge is 0.495 e. The molecule has 0 atom stereocenters. The molecule has 2 heterocycles. The molecule has 7 heteroatoms. The molecular formula is C22H29N5O2. The van der Waals surface area contributed by atoms with Crippen molar-refractivity contribution in [2.24, 2.45) is 0 Å². The Bertz CT molecular complexity index is 991. The molecule has 29 heavy (non-hydrogen) atoms. The van der Waals surface area contributed by atoms with Crippen LogP contribution in [-0.4, -0.2) is 50.9 Å². The molecule has 0 amide bonds. The normalized spacial score (nSPS) is 11.6. The van der Waals surface area contributed by atoms with E-state index in [1.54, 1.807) is 27.3 Å². The molecule has 7 nitrogen and oxygen atoms in total. The Morgan fingerprint density at radius 3 is 2.52 bits per heavy atom. The van der Waals surface area contributed by atoms with Gasteiger partial charge in [0.05, 0.1) is 30.4 Å². The van der Waals surface area contributed by atoms with Gasteiger partial charge in [-0.1, -0.05) is 6.07 Å². The SMILES string of the molecule is COc1cc(Cc2nc(C)cc(N(C)CC(C)(C)O)n2)ccc1-n1cnc(C)c1. The van der Waals surface area contributed by atoms with Gasteiger partial charge in [0, 0.05) is 38.0 Å². The van der Waals surface area contributed by atoms with E-state index in [1.165, 1.54) is 0 Å². The molecule has 0 aliphatic carbocycles. The van der Waals surface area contributed by atoms with Crippen LogP contribution < -0.4 is 9.64 Å². The van der Waals surface area contributed by atoms with Crippen molar-refractivity contribution in [2.45, 2.75) is 39.7 Å². The molecule has 0 saturated carbocycles. The first-order valence-electron chi connectivity index (χ1n) is 9.60. The van der Waals surface area contributed by atoms with Crippen molar-refractivity contribution in [3.8, 4) is 11.4 Å². The number of rotatable bonds is 7. The van der Waals surface area contributed by atoms with Gasteiger partial charge >= 0.3 is 0 Å². The molecule has 2 aromatic heterocycles. The predicted octanol–water partition coefficient (Wildman–Crippen LogP) is 3.09. The van der Waals surface area contributed by atoms with Gasteiger partial charge in [0.25, 0.3) is 0 Å². The van der Waals surface area contributed by atoms with E-state index in [9.17, 15) is 5.11 Å². The van der Waals surface area contributed by atoms with E-state index >= 15 is 0 Å². The van der Waals surface area contributed by atoms with Crippen LogP contribution in [-0.2, 0) is 6.42 Å². The van der Waals surface area contributed by atoms with Crippen molar-refractivity contribution in [1.82, 2.24) is 19.5 Å². The van der Waals surface area contributed by atoms with Gasteiger partial charge < -0.3 is 19.3 Å². The molecule has 3 aromatic rings. The molecule has 1 N–H and O–H groups in total. The zero-order valence-corrected chi connectivity index (χ0v) is 18.0. The lowest BCUT2D eigenvalue weighted by Crippen LogP contribution is -2.36. The van der Waals surface area contributed by atoms with E-state index in [2.05, 4.69) is 16.0 Å². The molecule has 0 fully saturated rings. The van der Waals surface area contributed by atoms with Crippen molar-refractivity contribution in [3.05, 3.63) is 59.6 Å². The summed E-state index contributed by atoms with van der Waals surface area (Å²) >= 11 is 0. The number of aliphatic hydroxyl groups is 1. The summed E-state index contributed by atoms with van der Waals surface area (Å²) in [6.45, 7) is 7.97. The highest BCUT2D eigenvalue weighted by Gasteiger charge is 2.18. The van der Waals surface area contributed by atoms with Crippen LogP contribution >= 0.6 is 0 Å². The van der Waals surface area contributed by atoms with Crippen LogP contribution in [0.15, 0.2) is 36.8 Å². The number of hydrogen-bond donors (Lipinski definition) is 1. The molecule has 154 valence electrons. The molecule has 0 unspecified atom stereocenters. The second-order valence-electron chi connectivity index (χ2n) is 8.06. The second kappa shape index (κ2) is 8.21. The van der Waals surface area contributed by atoms with E-state index in [0.717, 1.165) is 40.0 Å². The first-order valence-corrected chi connectivity index (χ1v) is 9.60. The highest BCUT2D eigenvalue weighted by molar-refractivity contribution is 5.50. The van der Waals surface area contributed by atoms with E-state index < -0.39 is 5.60 Å². The first-order chi connectivity index (χ1) is 13.6. The summed E-state index contributed by atoms with van der Waals surface area (Å²) in [5, 5.41) is 10.1. The Hall–Kier alpha value is -2.93. The number of likely N-dealkylation sites (N-methyl/N-ethyl adjacent to an activating group) is 1. The number of aryl methyl sites for hydroxylation is 2. The lowest BCUT2D eigenvalue weighted by molar-refractivity contribution is 0.0884. The summed E-state index contributed by atoms with van der Waals surface area (Å²) in [5.74, 6) is 2.30. The summed E-state index contributed by atoms with van der Waals surface area (Å²) in [4.78, 5) is 15.5. The number of hydrogen-bond acceptors (Lipinski definition) is 6. The number of benzene rings is 1. The number of nitrogens with zero attached hydrogens (tertiary/aromatic N) is 5. The minimum atomic E-state index is -0.803. The number of methoxy groups -OCH3 is 1. The van der Waals surface area contributed by atoms with Crippen molar-refractivity contribution in [3.63, 3.8) is 0 Å². The maximum Gasteiger partial charge on any atom is 0.143 e. The van der Waals surface area contributed by atoms with E-state index in [1.807, 2.05) is 54.8 Å². The number of aromatic nitrogens is 4. The quantitative estimate of drug-likeness (QED) is 0.663. The van der Waals surface area contributed by atoms with Crippen LogP contribution in [0.4, 0.5) is 5.82 Å². The number of anilines is 1. The Kier molecular flexibility index (Phi) is 5.88. The van der Waals surface area contributed by atoms with Gasteiger partial charge in [0.15, 0.2) is 0 Å². The van der Waals surface area contributed by atoms with Crippen LogP contribution in [0.1, 0.15) is 36.6 Å². The Morgan fingerprint density at radius 1 is 1.14 bits per heavy atom. The molecule has 0 bridgehead atoms. The Balaban J connectivity index is 1.86. The third-order valence-electron chi connectivity index (χ3n) is 4.50. The summed E-state index contributed by atoms with van der Waals surface area (Å²) in [6, 6.07) is 8.02. The van der Waals surface area contributed by atoms with Gasteiger partial charge in [-0.2, -0.15) is 0 Å². The Morgan fingerprint density at radius 2 is 1.90 bits per heavy atom. The fraction of sp³-hybridized carbons (Fsp3) is 0.409. The summed E-state index contributed by atoms with van der Waals surface area (Å²) < 4.78 is 7.55. The Labute approximate surface area is 172 Å². The van der Waals surface area contributed by atoms with Crippen molar-refractivity contribution in [2.75, 3.05) is 25.6 Å². The smallest absolute Gasteiger partial charge is 0.143 e. The molecule has 0 spiro atoms. The van der Waals surface area contributed by atoms with Crippen LogP contribution in [0.3, 0.4) is 0 Å². The molecule has 0 saturated heterocycles. The topological polar surface area (TPSA) is 76.3 Å². The van der Waals surface area contributed by atoms with Gasteiger partial charge in [-0.05, 0) is 45.4 Å². The molecule has 1 aromatic carbocycles. The maximum absolute atomic E-state index is 10.1. The predicted molar refractivity (Wildman–Crippen MR) is 114 cm³/mol. The van der Waals surface area contributed by atoms with Crippen LogP contribution in [0.5, 0.6) is 5.75 Å². The fourth-order valence-corrected chi connectivity index (χ4v) is 3.33. The van der Waals surface area contributed by atoms with Crippen molar-refractivity contribution in [1.29, 1.82) is 0 Å². The van der Waals surface area contributed by atoms with E-state index in [0.29, 0.717) is 13.0 Å². The standard InChI is InChI=1S/C22H29N5O2/c1-15-9-21(26(5)13-22(3,4)28)25-20(24-15)11-17-7-8-18(19(10-17)29-6)27-12-16(2)23-14-27/h7-10,12,14,28H,11,13H2,1-6H3. The second-order valence-corrected chi connectivity index (χ2v) is 8.06. The minimum absolute atomic E-state index is 0.482. The van der Waals surface area contributed by atoms with Crippen LogP contribution in [0.2, 0.25) is 0 Å². The fourth-order valence-electron chi connectivity index (χ4n) is 3.33. The van der Waals surface area contributed by atoms with Gasteiger partial charge in [-0.3, -0.25) is 0 Å². The zero-order valence-electron chi connectivity index (χ0n) is 18.0. The van der Waals surface area contributed by atoms with Crippen molar-refractivity contribution >= 4 is 5.82 Å². The molecule has 0 radical (unpaired) electrons. The summed E-state index contributed by atoms with van der Waals surface area (Å²) in [7, 11) is 3.59. The monoisotopic (exact) mass is 395 g/mol. The van der Waals surface area contributed by atoms with Crippen molar-refractivity contribution < 1.29 is 9.84 Å². The lowest BCUT2D eigenvalue weighted by Gasteiger charge is -2.26. The highest BCUT2D eigenvalue weighted by Crippen LogP contribution is 2.26. The summed E-state index contributed by atoms with van der Waals surface area (Å²) in [5.41, 5.74) is 3.04. The van der Waals surface area contributed by atoms with Crippen LogP contribution in [0, 0.1) is 13.8 Å². The third kappa shape index (κ3) is 5.32. The molecule has 0 aliphatic heterocycles. The number of imidazole rings is 1. The van der Waals surface area contributed by atoms with Gasteiger partial charge in [0.2, 0.25) is 0 Å². The lowest BCUT2D eigenvalue weighted by atomic mass is 10.1. The van der Waals surface area contributed by atoms with Gasteiger partial charge in [-0.25, -0.2) is 15.0 Å². The number of ether oxygens (including phenoxy) is 1. The van der Waals surface area contributed by atoms with Gasteiger partial charge in [0.1, 0.15) is 17.4 Å². The molecule has 0 aliphatic rings. The summed E-state index contributed by atoms with van der Waals surface area (Å²) in [6.07, 6.45) is 4.33. The first kappa shape index (κ1) is 20.8. The average molecular weight is 396 g/mol. The molecular weight excluding hydrogens is 366 g/mol. The molecule has 3 rings (SSSR count). The maximum atomic E-state index is 10.1. The van der Waals surface area contributed by atoms with E-state index in [-0.39, 0.29) is 0 Å². The van der Waals surface area contributed by atoms with Gasteiger partial charge in [-0.15, -0.1) is 0 Å². The zero-order chi connectivity index (χ0) is 21.2. The van der Waals surface area contributed by atoms with Crippen LogP contribution in [0.25, 0.3) is 5.69 Å². The third-order valence-corrected chi connectivity index (χ3v) is 4.50. The minimum Gasteiger partial charge on any atom is -0.495 e.